The second kappa shape index (κ2) is 2.77. The lowest BCUT2D eigenvalue weighted by Crippen LogP contribution is -1.85. The van der Waals surface area contributed by atoms with Crippen LogP contribution < -0.4 is 0 Å². The molecule has 0 saturated carbocycles. The van der Waals surface area contributed by atoms with Gasteiger partial charge in [0.25, 0.3) is 0 Å². The molecule has 62 valence electrons. The largest absolute Gasteiger partial charge is 0.508 e. The Labute approximate surface area is 69.9 Å². The van der Waals surface area contributed by atoms with Crippen LogP contribution in [0.15, 0.2) is 30.5 Å². The molecule has 1 heterocycles. The fraction of sp³-hybridized carbons (Fsp3) is 0.111. The predicted molar refractivity (Wildman–Crippen MR) is 43.1 cm³/mol. The molecule has 1 aromatic carbocycles. The van der Waals surface area contributed by atoms with Crippen LogP contribution in [0.3, 0.4) is 0 Å². The van der Waals surface area contributed by atoms with Crippen molar-refractivity contribution in [3.8, 4) is 5.75 Å². The summed E-state index contributed by atoms with van der Waals surface area (Å²) in [4.78, 5) is 0. The van der Waals surface area contributed by atoms with Gasteiger partial charge in [-0.15, -0.1) is 0 Å². The van der Waals surface area contributed by atoms with Crippen molar-refractivity contribution in [2.75, 3.05) is 6.79 Å². The summed E-state index contributed by atoms with van der Waals surface area (Å²) in [5.74, 6) is 0.952. The standard InChI is InChI=1S/C9H8O3/c10-8-3-1-7(2-4-8)9-5-11-6-12-9/h1-5,10H,6H2. The van der Waals surface area contributed by atoms with Crippen LogP contribution in [0.5, 0.6) is 5.75 Å². The van der Waals surface area contributed by atoms with Crippen molar-refractivity contribution in [1.29, 1.82) is 0 Å². The summed E-state index contributed by atoms with van der Waals surface area (Å²) in [5, 5.41) is 9.01. The zero-order valence-corrected chi connectivity index (χ0v) is 6.36. The molecule has 2 rings (SSSR count). The number of benzene rings is 1. The Morgan fingerprint density at radius 2 is 1.92 bits per heavy atom. The molecule has 0 fully saturated rings. The first kappa shape index (κ1) is 7.03. The van der Waals surface area contributed by atoms with Gasteiger partial charge in [0.1, 0.15) is 12.0 Å². The molecular weight excluding hydrogens is 156 g/mol. The van der Waals surface area contributed by atoms with E-state index in [1.54, 1.807) is 30.5 Å². The van der Waals surface area contributed by atoms with Crippen molar-refractivity contribution in [3.63, 3.8) is 0 Å². The van der Waals surface area contributed by atoms with Crippen LogP contribution in [0.1, 0.15) is 5.56 Å². The molecule has 0 amide bonds. The van der Waals surface area contributed by atoms with Gasteiger partial charge in [-0.05, 0) is 24.3 Å². The predicted octanol–water partition coefficient (Wildman–Crippen LogP) is 1.69. The Morgan fingerprint density at radius 3 is 2.50 bits per heavy atom. The lowest BCUT2D eigenvalue weighted by atomic mass is 10.2. The summed E-state index contributed by atoms with van der Waals surface area (Å²) in [7, 11) is 0. The normalized spacial score (nSPS) is 14.8. The fourth-order valence-corrected chi connectivity index (χ4v) is 1.02. The van der Waals surface area contributed by atoms with E-state index in [-0.39, 0.29) is 12.5 Å². The smallest absolute Gasteiger partial charge is 0.230 e. The molecular formula is C9H8O3. The second-order valence-electron chi connectivity index (χ2n) is 2.46. The molecule has 0 bridgehead atoms. The van der Waals surface area contributed by atoms with Gasteiger partial charge in [-0.25, -0.2) is 0 Å². The Hall–Kier alpha value is -1.64. The highest BCUT2D eigenvalue weighted by Gasteiger charge is 2.08. The third-order valence-corrected chi connectivity index (χ3v) is 1.62. The molecule has 0 spiro atoms. The van der Waals surface area contributed by atoms with Crippen molar-refractivity contribution in [2.24, 2.45) is 0 Å². The molecule has 3 heteroatoms. The SMILES string of the molecule is Oc1ccc(C2=COCO2)cc1. The average Bonchev–Trinajstić information content (AvgIpc) is 2.58. The van der Waals surface area contributed by atoms with Gasteiger partial charge in [-0.3, -0.25) is 0 Å². The maximum absolute atomic E-state index is 9.01. The molecule has 3 nitrogen and oxygen atoms in total. The van der Waals surface area contributed by atoms with Gasteiger partial charge in [0.2, 0.25) is 6.79 Å². The first-order chi connectivity index (χ1) is 5.86. The van der Waals surface area contributed by atoms with Crippen molar-refractivity contribution in [2.45, 2.75) is 0 Å². The number of ether oxygens (including phenoxy) is 2. The third kappa shape index (κ3) is 1.21. The number of phenols is 1. The molecule has 0 radical (unpaired) electrons. The summed E-state index contributed by atoms with van der Waals surface area (Å²) in [6.07, 6.45) is 1.56. The van der Waals surface area contributed by atoms with Gasteiger partial charge in [0.05, 0.1) is 0 Å². The van der Waals surface area contributed by atoms with Gasteiger partial charge in [-0.1, -0.05) is 0 Å². The monoisotopic (exact) mass is 164 g/mol. The van der Waals surface area contributed by atoms with E-state index in [0.717, 1.165) is 5.56 Å². The van der Waals surface area contributed by atoms with Gasteiger partial charge >= 0.3 is 0 Å². The van der Waals surface area contributed by atoms with Crippen molar-refractivity contribution in [3.05, 3.63) is 36.1 Å². The summed E-state index contributed by atoms with van der Waals surface area (Å²) < 4.78 is 10.0. The summed E-state index contributed by atoms with van der Waals surface area (Å²) in [6, 6.07) is 6.77. The van der Waals surface area contributed by atoms with Crippen molar-refractivity contribution < 1.29 is 14.6 Å². The number of phenolic OH excluding ortho intramolecular Hbond substituents is 1. The van der Waals surface area contributed by atoms with E-state index >= 15 is 0 Å². The minimum Gasteiger partial charge on any atom is -0.508 e. The number of hydrogen-bond donors (Lipinski definition) is 1. The highest BCUT2D eigenvalue weighted by Crippen LogP contribution is 2.21. The van der Waals surface area contributed by atoms with E-state index in [9.17, 15) is 0 Å². The number of aromatic hydroxyl groups is 1. The van der Waals surface area contributed by atoms with Gasteiger partial charge in [-0.2, -0.15) is 0 Å². The van der Waals surface area contributed by atoms with Crippen LogP contribution in [0.25, 0.3) is 5.76 Å². The second-order valence-corrected chi connectivity index (χ2v) is 2.46. The highest BCUT2D eigenvalue weighted by atomic mass is 16.7. The summed E-state index contributed by atoms with van der Waals surface area (Å²) >= 11 is 0. The van der Waals surface area contributed by atoms with Crippen LogP contribution in [0.4, 0.5) is 0 Å². The summed E-state index contributed by atoms with van der Waals surface area (Å²) in [5.41, 5.74) is 0.908. The molecule has 1 aliphatic rings. The minimum absolute atomic E-state index is 0.248. The fourth-order valence-electron chi connectivity index (χ4n) is 1.02. The number of rotatable bonds is 1. The Kier molecular flexibility index (Phi) is 1.63. The first-order valence-electron chi connectivity index (χ1n) is 3.60. The Morgan fingerprint density at radius 1 is 1.17 bits per heavy atom. The lowest BCUT2D eigenvalue weighted by Gasteiger charge is -2.00. The minimum atomic E-state index is 0.248. The lowest BCUT2D eigenvalue weighted by molar-refractivity contribution is 0.100. The van der Waals surface area contributed by atoms with E-state index in [4.69, 9.17) is 14.6 Å². The van der Waals surface area contributed by atoms with E-state index in [1.165, 1.54) is 0 Å². The van der Waals surface area contributed by atoms with Crippen LogP contribution >= 0.6 is 0 Å². The molecule has 1 aromatic rings. The number of hydrogen-bond acceptors (Lipinski definition) is 3. The zero-order valence-electron chi connectivity index (χ0n) is 6.36. The molecule has 0 unspecified atom stereocenters. The van der Waals surface area contributed by atoms with Crippen LogP contribution in [0.2, 0.25) is 0 Å². The van der Waals surface area contributed by atoms with Crippen LogP contribution in [-0.2, 0) is 9.47 Å². The molecule has 0 aromatic heterocycles. The van der Waals surface area contributed by atoms with E-state index in [1.807, 2.05) is 0 Å². The van der Waals surface area contributed by atoms with E-state index in [0.29, 0.717) is 5.76 Å². The van der Waals surface area contributed by atoms with Crippen molar-refractivity contribution in [1.82, 2.24) is 0 Å². The first-order valence-corrected chi connectivity index (χ1v) is 3.60. The van der Waals surface area contributed by atoms with Gasteiger partial charge in [0, 0.05) is 5.56 Å². The molecule has 0 atom stereocenters. The third-order valence-electron chi connectivity index (χ3n) is 1.62. The molecule has 1 aliphatic heterocycles. The highest BCUT2D eigenvalue weighted by molar-refractivity contribution is 5.60. The van der Waals surface area contributed by atoms with Crippen LogP contribution in [0, 0.1) is 0 Å². The van der Waals surface area contributed by atoms with Crippen molar-refractivity contribution >= 4 is 5.76 Å². The maximum atomic E-state index is 9.01. The van der Waals surface area contributed by atoms with Gasteiger partial charge in [0.15, 0.2) is 5.76 Å². The molecule has 12 heavy (non-hydrogen) atoms. The van der Waals surface area contributed by atoms with E-state index in [2.05, 4.69) is 0 Å². The molecule has 0 saturated heterocycles. The maximum Gasteiger partial charge on any atom is 0.230 e. The molecule has 0 aliphatic carbocycles. The summed E-state index contributed by atoms with van der Waals surface area (Å²) in [6.45, 7) is 0.274. The van der Waals surface area contributed by atoms with Crippen LogP contribution in [-0.4, -0.2) is 11.9 Å². The van der Waals surface area contributed by atoms with E-state index < -0.39 is 0 Å². The molecule has 1 N–H and O–H groups in total. The van der Waals surface area contributed by atoms with Gasteiger partial charge < -0.3 is 14.6 Å². The Bertz CT molecular complexity index is 300. The zero-order chi connectivity index (χ0) is 8.39. The Balaban J connectivity index is 2.28. The topological polar surface area (TPSA) is 38.7 Å². The quantitative estimate of drug-likeness (QED) is 0.686. The average molecular weight is 164 g/mol.